The molecule has 1 aliphatic rings. The summed E-state index contributed by atoms with van der Waals surface area (Å²) in [6, 6.07) is 3.83. The minimum Gasteiger partial charge on any atom is -0.493 e. The molecule has 1 fully saturated rings. The monoisotopic (exact) mass is 508 g/mol. The first kappa shape index (κ1) is 29.2. The molecule has 0 radical (unpaired) electrons. The number of nitrogens with zero attached hydrogens (tertiary/aromatic N) is 2. The molecule has 10 heteroatoms. The highest BCUT2D eigenvalue weighted by atomic mass is 16.6. The van der Waals surface area contributed by atoms with Crippen molar-refractivity contribution >= 4 is 18.0 Å². The van der Waals surface area contributed by atoms with E-state index in [0.717, 1.165) is 0 Å². The molecular weight excluding hydrogens is 468 g/mol. The number of carbonyl (C=O) groups excluding carboxylic acids is 2. The number of carboxylic acids is 1. The summed E-state index contributed by atoms with van der Waals surface area (Å²) in [5.74, 6) is -1.27. The van der Waals surface area contributed by atoms with Crippen LogP contribution in [0, 0.1) is 5.92 Å². The molecule has 1 saturated heterocycles. The van der Waals surface area contributed by atoms with Crippen LogP contribution in [0.15, 0.2) is 18.2 Å². The van der Waals surface area contributed by atoms with E-state index in [9.17, 15) is 19.5 Å². The molecule has 1 aliphatic heterocycles. The summed E-state index contributed by atoms with van der Waals surface area (Å²) in [7, 11) is 3.13. The summed E-state index contributed by atoms with van der Waals surface area (Å²) in [5, 5.41) is 9.94. The number of amides is 2. The number of ether oxygens (including phenoxy) is 4. The fraction of sp³-hybridized carbons (Fsp3) is 0.654. The minimum atomic E-state index is -1.00. The summed E-state index contributed by atoms with van der Waals surface area (Å²) < 4.78 is 21.7. The molecule has 2 unspecified atom stereocenters. The quantitative estimate of drug-likeness (QED) is 0.476. The molecule has 1 N–H and O–H groups in total. The Balaban J connectivity index is 2.35. The summed E-state index contributed by atoms with van der Waals surface area (Å²) in [4.78, 5) is 41.7. The summed E-state index contributed by atoms with van der Waals surface area (Å²) in [6.45, 7) is 10.2. The van der Waals surface area contributed by atoms with Gasteiger partial charge in [-0.3, -0.25) is 9.59 Å². The van der Waals surface area contributed by atoms with Gasteiger partial charge in [0.2, 0.25) is 0 Å². The maximum atomic E-state index is 13.8. The van der Waals surface area contributed by atoms with E-state index in [1.54, 1.807) is 51.0 Å². The van der Waals surface area contributed by atoms with Gasteiger partial charge in [-0.05, 0) is 59.2 Å². The van der Waals surface area contributed by atoms with Gasteiger partial charge in [0, 0.05) is 44.8 Å². The van der Waals surface area contributed by atoms with Gasteiger partial charge < -0.3 is 33.9 Å². The molecule has 1 aromatic rings. The highest BCUT2D eigenvalue weighted by Crippen LogP contribution is 2.31. The topological polar surface area (TPSA) is 115 Å². The lowest BCUT2D eigenvalue weighted by Gasteiger charge is -2.44. The molecule has 2 atom stereocenters. The third-order valence-electron chi connectivity index (χ3n) is 5.86. The van der Waals surface area contributed by atoms with Crippen molar-refractivity contribution in [2.45, 2.75) is 65.1 Å². The number of methoxy groups -OCH3 is 2. The fourth-order valence-corrected chi connectivity index (χ4v) is 4.22. The number of benzene rings is 1. The van der Waals surface area contributed by atoms with Crippen LogP contribution in [0.5, 0.6) is 11.5 Å². The predicted octanol–water partition coefficient (Wildman–Crippen LogP) is 3.67. The third-order valence-corrected chi connectivity index (χ3v) is 5.86. The van der Waals surface area contributed by atoms with Gasteiger partial charge in [-0.25, -0.2) is 4.79 Å². The lowest BCUT2D eigenvalue weighted by molar-refractivity contribution is -0.146. The van der Waals surface area contributed by atoms with Gasteiger partial charge in [-0.15, -0.1) is 0 Å². The Bertz CT molecular complexity index is 912. The number of likely N-dealkylation sites (tertiary alicyclic amines) is 1. The Morgan fingerprint density at radius 1 is 1.14 bits per heavy atom. The first-order chi connectivity index (χ1) is 16.9. The molecule has 0 bridgehead atoms. The first-order valence-corrected chi connectivity index (χ1v) is 12.2. The number of carbonyl (C=O) groups is 3. The van der Waals surface area contributed by atoms with Crippen LogP contribution >= 0.6 is 0 Å². The van der Waals surface area contributed by atoms with Crippen LogP contribution in [0.25, 0.3) is 0 Å². The van der Waals surface area contributed by atoms with Crippen molar-refractivity contribution in [2.24, 2.45) is 5.92 Å². The Hall–Kier alpha value is -3.01. The molecule has 36 heavy (non-hydrogen) atoms. The van der Waals surface area contributed by atoms with E-state index >= 15 is 0 Å². The predicted molar refractivity (Wildman–Crippen MR) is 134 cm³/mol. The highest BCUT2D eigenvalue weighted by Gasteiger charge is 2.43. The van der Waals surface area contributed by atoms with Crippen molar-refractivity contribution in [3.63, 3.8) is 0 Å². The average molecular weight is 509 g/mol. The molecule has 10 nitrogen and oxygen atoms in total. The zero-order chi connectivity index (χ0) is 27.0. The van der Waals surface area contributed by atoms with Crippen LogP contribution in [-0.2, 0) is 14.3 Å². The van der Waals surface area contributed by atoms with E-state index in [2.05, 4.69) is 0 Å². The van der Waals surface area contributed by atoms with Crippen molar-refractivity contribution in [1.29, 1.82) is 0 Å². The lowest BCUT2D eigenvalue weighted by atomic mass is 9.89. The first-order valence-electron chi connectivity index (χ1n) is 12.2. The van der Waals surface area contributed by atoms with Crippen molar-refractivity contribution in [3.05, 3.63) is 23.8 Å². The summed E-state index contributed by atoms with van der Waals surface area (Å²) >= 11 is 0. The minimum absolute atomic E-state index is 0.0618. The van der Waals surface area contributed by atoms with Crippen molar-refractivity contribution in [1.82, 2.24) is 9.80 Å². The summed E-state index contributed by atoms with van der Waals surface area (Å²) in [6.07, 6.45) is 0.356. The SMILES string of the molecule is COCCCOc1cc(C(=O)N(C(C)C)C2CN(C(=O)OC(C)(C)C)CCC2C(=O)O)ccc1OC. The summed E-state index contributed by atoms with van der Waals surface area (Å²) in [5.41, 5.74) is -0.350. The van der Waals surface area contributed by atoms with E-state index in [4.69, 9.17) is 18.9 Å². The molecule has 1 heterocycles. The third kappa shape index (κ3) is 7.74. The van der Waals surface area contributed by atoms with Gasteiger partial charge in [0.15, 0.2) is 11.5 Å². The molecule has 0 aromatic heterocycles. The fourth-order valence-electron chi connectivity index (χ4n) is 4.22. The number of carboxylic acid groups (broad SMARTS) is 1. The molecule has 202 valence electrons. The number of hydrogen-bond donors (Lipinski definition) is 1. The van der Waals surface area contributed by atoms with Gasteiger partial charge in [0.25, 0.3) is 5.91 Å². The normalized spacial score (nSPS) is 18.1. The van der Waals surface area contributed by atoms with E-state index in [1.807, 2.05) is 13.8 Å². The van der Waals surface area contributed by atoms with E-state index in [0.29, 0.717) is 36.7 Å². The Labute approximate surface area is 213 Å². The van der Waals surface area contributed by atoms with E-state index in [-0.39, 0.29) is 31.5 Å². The second-order valence-corrected chi connectivity index (χ2v) is 10.1. The van der Waals surface area contributed by atoms with Crippen molar-refractivity contribution < 1.29 is 38.4 Å². The Kier molecular flexibility index (Phi) is 10.4. The molecule has 2 amide bonds. The second kappa shape index (κ2) is 12.8. The molecule has 1 aromatic carbocycles. The van der Waals surface area contributed by atoms with Gasteiger partial charge in [-0.2, -0.15) is 0 Å². The molecule has 2 rings (SSSR count). The smallest absolute Gasteiger partial charge is 0.410 e. The molecule has 0 aliphatic carbocycles. The average Bonchev–Trinajstić information content (AvgIpc) is 2.80. The zero-order valence-corrected chi connectivity index (χ0v) is 22.4. The van der Waals surface area contributed by atoms with Crippen LogP contribution in [0.4, 0.5) is 4.79 Å². The van der Waals surface area contributed by atoms with E-state index < -0.39 is 29.6 Å². The maximum absolute atomic E-state index is 13.8. The Morgan fingerprint density at radius 3 is 2.39 bits per heavy atom. The van der Waals surface area contributed by atoms with Gasteiger partial charge >= 0.3 is 12.1 Å². The van der Waals surface area contributed by atoms with Crippen LogP contribution in [-0.4, -0.2) is 91.1 Å². The second-order valence-electron chi connectivity index (χ2n) is 10.1. The van der Waals surface area contributed by atoms with Gasteiger partial charge in [0.1, 0.15) is 5.60 Å². The largest absolute Gasteiger partial charge is 0.493 e. The van der Waals surface area contributed by atoms with E-state index in [1.165, 1.54) is 12.0 Å². The van der Waals surface area contributed by atoms with Crippen molar-refractivity contribution in [2.75, 3.05) is 40.5 Å². The zero-order valence-electron chi connectivity index (χ0n) is 22.4. The lowest BCUT2D eigenvalue weighted by Crippen LogP contribution is -2.59. The molecule has 0 spiro atoms. The van der Waals surface area contributed by atoms with Crippen LogP contribution < -0.4 is 9.47 Å². The highest BCUT2D eigenvalue weighted by molar-refractivity contribution is 5.95. The number of rotatable bonds is 10. The number of aliphatic carboxylic acids is 1. The van der Waals surface area contributed by atoms with Crippen LogP contribution in [0.1, 0.15) is 57.8 Å². The molecule has 0 saturated carbocycles. The number of piperidine rings is 1. The molecular formula is C26H40N2O8. The van der Waals surface area contributed by atoms with Crippen LogP contribution in [0.2, 0.25) is 0 Å². The van der Waals surface area contributed by atoms with Gasteiger partial charge in [-0.1, -0.05) is 0 Å². The standard InChI is InChI=1S/C26H40N2O8/c1-17(2)28(20-16-27(12-11-19(20)24(30)31)25(32)36-26(3,4)5)23(29)18-9-10-21(34-7)22(15-18)35-14-8-13-33-6/h9-10,15,17,19-20H,8,11-14,16H2,1-7H3,(H,30,31). The number of hydrogen-bond acceptors (Lipinski definition) is 7. The van der Waals surface area contributed by atoms with Crippen molar-refractivity contribution in [3.8, 4) is 11.5 Å². The maximum Gasteiger partial charge on any atom is 0.410 e. The van der Waals surface area contributed by atoms with Crippen LogP contribution in [0.3, 0.4) is 0 Å². The van der Waals surface area contributed by atoms with Gasteiger partial charge in [0.05, 0.1) is 25.7 Å². The Morgan fingerprint density at radius 2 is 1.83 bits per heavy atom.